The summed E-state index contributed by atoms with van der Waals surface area (Å²) >= 11 is 1.42. The van der Waals surface area contributed by atoms with Crippen molar-refractivity contribution in [3.8, 4) is 0 Å². The fourth-order valence-corrected chi connectivity index (χ4v) is 7.13. The Bertz CT molecular complexity index is 913. The zero-order valence-electron chi connectivity index (χ0n) is 17.5. The lowest BCUT2D eigenvalue weighted by Gasteiger charge is -2.46. The van der Waals surface area contributed by atoms with Gasteiger partial charge in [-0.1, -0.05) is 6.92 Å². The van der Waals surface area contributed by atoms with Crippen LogP contribution in [0.5, 0.6) is 0 Å². The first-order valence-electron chi connectivity index (χ1n) is 10.9. The molecule has 0 aromatic heterocycles. The van der Waals surface area contributed by atoms with Crippen LogP contribution in [0.1, 0.15) is 33.1 Å². The molecule has 4 aliphatic heterocycles. The number of β-lactam (4-membered cyclic amide) rings is 1. The minimum absolute atomic E-state index is 0.00672. The molecule has 3 N–H and O–H groups in total. The van der Waals surface area contributed by atoms with Crippen molar-refractivity contribution in [1.29, 1.82) is 0 Å². The minimum atomic E-state index is -1.14. The van der Waals surface area contributed by atoms with Gasteiger partial charge in [0.05, 0.1) is 30.7 Å². The highest BCUT2D eigenvalue weighted by molar-refractivity contribution is 8.03. The van der Waals surface area contributed by atoms with Crippen molar-refractivity contribution in [1.82, 2.24) is 15.1 Å². The molecule has 9 nitrogen and oxygen atoms in total. The van der Waals surface area contributed by atoms with Crippen molar-refractivity contribution in [2.24, 2.45) is 17.3 Å². The van der Waals surface area contributed by atoms with Crippen LogP contribution in [0.4, 0.5) is 0 Å². The average molecular weight is 450 g/mol. The molecular formula is C21H27N3O6S. The summed E-state index contributed by atoms with van der Waals surface area (Å²) in [6.45, 7) is 4.72. The maximum absolute atomic E-state index is 12.9. The molecule has 0 unspecified atom stereocenters. The summed E-state index contributed by atoms with van der Waals surface area (Å²) in [6.07, 6.45) is 1.46. The Labute approximate surface area is 184 Å². The molecule has 168 valence electrons. The summed E-state index contributed by atoms with van der Waals surface area (Å²) < 4.78 is 0. The predicted octanol–water partition coefficient (Wildman–Crippen LogP) is -0.205. The third-order valence-corrected chi connectivity index (χ3v) is 9.09. The van der Waals surface area contributed by atoms with Gasteiger partial charge in [0.25, 0.3) is 0 Å². The van der Waals surface area contributed by atoms with Gasteiger partial charge in [0.1, 0.15) is 5.70 Å². The van der Waals surface area contributed by atoms with Crippen molar-refractivity contribution in [3.05, 3.63) is 10.6 Å². The number of aliphatic carboxylic acids is 1. The highest BCUT2D eigenvalue weighted by atomic mass is 32.2. The molecule has 1 saturated carbocycles. The SMILES string of the molecule is C[C@@H](O)[C@H]1C(=O)N2C(C(=O)O)=C(S[C@@H]3CN[C@H](C(=O)N4CC(=O)C5(CC5)C4)C3)[C@H](C)[C@H]12. The van der Waals surface area contributed by atoms with Crippen LogP contribution in [0.15, 0.2) is 10.6 Å². The van der Waals surface area contributed by atoms with E-state index >= 15 is 0 Å². The third kappa shape index (κ3) is 3.06. The van der Waals surface area contributed by atoms with Crippen LogP contribution in [0, 0.1) is 17.3 Å². The number of ketones is 1. The van der Waals surface area contributed by atoms with Gasteiger partial charge in [-0.2, -0.15) is 0 Å². The Balaban J connectivity index is 1.27. The quantitative estimate of drug-likeness (QED) is 0.493. The number of nitrogens with one attached hydrogen (secondary N) is 1. The third-order valence-electron chi connectivity index (χ3n) is 7.58. The van der Waals surface area contributed by atoms with Gasteiger partial charge in [0.15, 0.2) is 5.78 Å². The van der Waals surface area contributed by atoms with Gasteiger partial charge in [-0.3, -0.25) is 14.4 Å². The molecular weight excluding hydrogens is 422 g/mol. The molecule has 5 aliphatic rings. The number of carbonyl (C=O) groups excluding carboxylic acids is 3. The molecule has 5 rings (SSSR count). The minimum Gasteiger partial charge on any atom is -0.477 e. The van der Waals surface area contributed by atoms with Crippen molar-refractivity contribution >= 4 is 35.3 Å². The molecule has 4 heterocycles. The summed E-state index contributed by atoms with van der Waals surface area (Å²) in [6, 6.07) is -0.716. The first-order valence-corrected chi connectivity index (χ1v) is 11.7. The molecule has 1 spiro atoms. The number of nitrogens with zero attached hydrogens (tertiary/aromatic N) is 2. The molecule has 0 aromatic carbocycles. The predicted molar refractivity (Wildman–Crippen MR) is 111 cm³/mol. The fourth-order valence-electron chi connectivity index (χ4n) is 5.65. The summed E-state index contributed by atoms with van der Waals surface area (Å²) in [7, 11) is 0. The van der Waals surface area contributed by atoms with Crippen LogP contribution < -0.4 is 5.32 Å². The number of hydrogen-bond donors (Lipinski definition) is 3. The number of likely N-dealkylation sites (tertiary alicyclic amines) is 1. The van der Waals surface area contributed by atoms with Gasteiger partial charge < -0.3 is 25.3 Å². The van der Waals surface area contributed by atoms with E-state index < -0.39 is 18.0 Å². The Kier molecular flexibility index (Phi) is 4.76. The van der Waals surface area contributed by atoms with E-state index in [-0.39, 0.29) is 58.5 Å². The number of thioether (sulfide) groups is 1. The zero-order valence-corrected chi connectivity index (χ0v) is 18.4. The monoisotopic (exact) mass is 449 g/mol. The summed E-state index contributed by atoms with van der Waals surface area (Å²) in [5.74, 6) is -2.14. The molecule has 31 heavy (non-hydrogen) atoms. The van der Waals surface area contributed by atoms with E-state index in [9.17, 15) is 29.4 Å². The maximum Gasteiger partial charge on any atom is 0.353 e. The van der Waals surface area contributed by atoms with Crippen molar-refractivity contribution in [3.63, 3.8) is 0 Å². The maximum atomic E-state index is 12.9. The molecule has 6 atom stereocenters. The molecule has 1 aliphatic carbocycles. The summed E-state index contributed by atoms with van der Waals surface area (Å²) in [5.41, 5.74) is -0.260. The lowest BCUT2D eigenvalue weighted by molar-refractivity contribution is -0.163. The van der Waals surface area contributed by atoms with Gasteiger partial charge in [-0.25, -0.2) is 4.79 Å². The number of aliphatic hydroxyl groups excluding tert-OH is 1. The topological polar surface area (TPSA) is 127 Å². The molecule has 0 aromatic rings. The van der Waals surface area contributed by atoms with E-state index in [1.165, 1.54) is 16.7 Å². The van der Waals surface area contributed by atoms with Crippen LogP contribution in [-0.4, -0.2) is 86.7 Å². The fraction of sp³-hybridized carbons (Fsp3) is 0.714. The van der Waals surface area contributed by atoms with E-state index in [0.29, 0.717) is 24.4 Å². The largest absolute Gasteiger partial charge is 0.477 e. The summed E-state index contributed by atoms with van der Waals surface area (Å²) in [5, 5.41) is 23.0. The van der Waals surface area contributed by atoms with Crippen LogP contribution >= 0.6 is 11.8 Å². The Morgan fingerprint density at radius 3 is 2.58 bits per heavy atom. The first-order chi connectivity index (χ1) is 14.6. The van der Waals surface area contributed by atoms with Gasteiger partial charge in [0, 0.05) is 34.6 Å². The molecule has 3 saturated heterocycles. The number of rotatable bonds is 5. The smallest absolute Gasteiger partial charge is 0.353 e. The van der Waals surface area contributed by atoms with E-state index in [4.69, 9.17) is 0 Å². The lowest BCUT2D eigenvalue weighted by Crippen LogP contribution is -2.63. The second-order valence-corrected chi connectivity index (χ2v) is 10.9. The van der Waals surface area contributed by atoms with E-state index in [0.717, 1.165) is 12.8 Å². The highest BCUT2D eigenvalue weighted by Gasteiger charge is 2.60. The average Bonchev–Trinajstić information content (AvgIpc) is 3.09. The normalized spacial score (nSPS) is 36.8. The van der Waals surface area contributed by atoms with Gasteiger partial charge in [-0.05, 0) is 26.2 Å². The van der Waals surface area contributed by atoms with Crippen molar-refractivity contribution in [2.75, 3.05) is 19.6 Å². The van der Waals surface area contributed by atoms with Crippen LogP contribution in [0.25, 0.3) is 0 Å². The van der Waals surface area contributed by atoms with E-state index in [1.807, 2.05) is 6.92 Å². The molecule has 4 fully saturated rings. The Hall–Kier alpha value is -1.91. The standard InChI is InChI=1S/C21H27N3O6S/c1-9-15-14(10(2)25)19(28)24(15)16(20(29)30)17(9)31-11-5-12(22-6-11)18(27)23-7-13(26)21(8-23)3-4-21/h9-12,14-15,22,25H,3-8H2,1-2H3,(H,29,30)/t9-,10-,11+,12+,14-,15-/m1/s1. The highest BCUT2D eigenvalue weighted by Crippen LogP contribution is 2.52. The molecule has 0 bridgehead atoms. The molecule has 10 heteroatoms. The lowest BCUT2D eigenvalue weighted by atomic mass is 9.79. The Morgan fingerprint density at radius 1 is 1.29 bits per heavy atom. The number of amides is 2. The van der Waals surface area contributed by atoms with Crippen molar-refractivity contribution < 1.29 is 29.4 Å². The molecule has 2 amide bonds. The number of carboxylic acid groups (broad SMARTS) is 1. The van der Waals surface area contributed by atoms with Crippen LogP contribution in [-0.2, 0) is 19.2 Å². The van der Waals surface area contributed by atoms with Gasteiger partial charge in [-0.15, -0.1) is 11.8 Å². The van der Waals surface area contributed by atoms with Crippen LogP contribution in [0.3, 0.4) is 0 Å². The Morgan fingerprint density at radius 2 is 2.00 bits per heavy atom. The number of carbonyl (C=O) groups is 4. The molecule has 0 radical (unpaired) electrons. The number of Topliss-reactive ketones (excluding diaryl/α,β-unsaturated/α-hetero) is 1. The number of fused-ring (bicyclic) bond motifs is 1. The second-order valence-electron chi connectivity index (χ2n) is 9.61. The first kappa shape index (κ1) is 21.0. The van der Waals surface area contributed by atoms with Crippen molar-refractivity contribution in [2.45, 2.75) is 56.5 Å². The number of carboxylic acids is 1. The second kappa shape index (κ2) is 7.05. The number of hydrogen-bond acceptors (Lipinski definition) is 7. The van der Waals surface area contributed by atoms with Crippen LogP contribution in [0.2, 0.25) is 0 Å². The zero-order chi connectivity index (χ0) is 22.2. The van der Waals surface area contributed by atoms with E-state index in [2.05, 4.69) is 5.32 Å². The summed E-state index contributed by atoms with van der Waals surface area (Å²) in [4.78, 5) is 53.1. The van der Waals surface area contributed by atoms with Gasteiger partial charge >= 0.3 is 5.97 Å². The van der Waals surface area contributed by atoms with Gasteiger partial charge in [0.2, 0.25) is 11.8 Å². The van der Waals surface area contributed by atoms with E-state index in [1.54, 1.807) is 11.8 Å². The number of aliphatic hydroxyl groups is 1.